The minimum Gasteiger partial charge on any atom is -0.390 e. The lowest BCUT2D eigenvalue weighted by molar-refractivity contribution is -0.115. The van der Waals surface area contributed by atoms with Gasteiger partial charge in [0.2, 0.25) is 0 Å². The van der Waals surface area contributed by atoms with E-state index in [1.165, 1.54) is 0 Å². The molecule has 0 spiro atoms. The number of carbonyl (C=O) groups is 1. The summed E-state index contributed by atoms with van der Waals surface area (Å²) in [5.41, 5.74) is 1.88. The van der Waals surface area contributed by atoms with Crippen LogP contribution in [0.1, 0.15) is 31.2 Å². The molecule has 2 nitrogen and oxygen atoms in total. The number of benzene rings is 1. The van der Waals surface area contributed by atoms with E-state index in [1.54, 1.807) is 6.07 Å². The van der Waals surface area contributed by atoms with Crippen molar-refractivity contribution in [3.05, 3.63) is 45.6 Å². The first-order valence-electron chi connectivity index (χ1n) is 6.05. The van der Waals surface area contributed by atoms with E-state index in [4.69, 9.17) is 23.2 Å². The van der Waals surface area contributed by atoms with E-state index in [1.807, 2.05) is 25.3 Å². The highest BCUT2D eigenvalue weighted by atomic mass is 35.5. The fraction of sp³-hybridized carbons (Fsp3) is 0.357. The third-order valence-electron chi connectivity index (χ3n) is 3.10. The van der Waals surface area contributed by atoms with Crippen LogP contribution < -0.4 is 5.32 Å². The first-order chi connectivity index (χ1) is 8.63. The van der Waals surface area contributed by atoms with Gasteiger partial charge in [-0.05, 0) is 24.1 Å². The van der Waals surface area contributed by atoms with Gasteiger partial charge in [0.1, 0.15) is 0 Å². The van der Waals surface area contributed by atoms with Crippen LogP contribution in [0, 0.1) is 0 Å². The van der Waals surface area contributed by atoms with Crippen molar-refractivity contribution >= 4 is 29.0 Å². The van der Waals surface area contributed by atoms with Crippen LogP contribution in [0.15, 0.2) is 30.0 Å². The van der Waals surface area contributed by atoms with Gasteiger partial charge in [-0.1, -0.05) is 36.2 Å². The van der Waals surface area contributed by atoms with Gasteiger partial charge in [-0.2, -0.15) is 0 Å². The number of hydrogen-bond donors (Lipinski definition) is 1. The van der Waals surface area contributed by atoms with Crippen LogP contribution in [0.2, 0.25) is 10.0 Å². The second-order valence-electron chi connectivity index (χ2n) is 4.41. The van der Waals surface area contributed by atoms with Crippen molar-refractivity contribution in [2.24, 2.45) is 0 Å². The Balaban J connectivity index is 2.25. The average molecular weight is 284 g/mol. The molecular formula is C14H15Cl2NO. The number of Topliss-reactive ketones (excluding diaryl/α,β-unsaturated/α-hetero) is 1. The number of rotatable bonds is 4. The summed E-state index contributed by atoms with van der Waals surface area (Å²) in [6.07, 6.45) is 3.28. The highest BCUT2D eigenvalue weighted by molar-refractivity contribution is 6.42. The summed E-state index contributed by atoms with van der Waals surface area (Å²) in [4.78, 5) is 12.0. The first kappa shape index (κ1) is 13.4. The van der Waals surface area contributed by atoms with E-state index in [0.717, 1.165) is 24.1 Å². The van der Waals surface area contributed by atoms with Crippen LogP contribution >= 0.6 is 23.2 Å². The maximum atomic E-state index is 12.0. The van der Waals surface area contributed by atoms with Crippen molar-refractivity contribution in [3.63, 3.8) is 0 Å². The molecule has 2 rings (SSSR count). The van der Waals surface area contributed by atoms with Crippen molar-refractivity contribution in [1.29, 1.82) is 0 Å². The van der Waals surface area contributed by atoms with Crippen molar-refractivity contribution in [2.75, 3.05) is 6.54 Å². The van der Waals surface area contributed by atoms with Crippen LogP contribution in [-0.2, 0) is 4.79 Å². The Hall–Kier alpha value is -0.990. The van der Waals surface area contributed by atoms with Gasteiger partial charge in [0.25, 0.3) is 0 Å². The van der Waals surface area contributed by atoms with Gasteiger partial charge in [-0.15, -0.1) is 0 Å². The van der Waals surface area contributed by atoms with Crippen LogP contribution in [0.3, 0.4) is 0 Å². The van der Waals surface area contributed by atoms with E-state index in [9.17, 15) is 4.79 Å². The highest BCUT2D eigenvalue weighted by Gasteiger charge is 2.26. The summed E-state index contributed by atoms with van der Waals surface area (Å²) in [6, 6.07) is 5.55. The lowest BCUT2D eigenvalue weighted by Gasteiger charge is -2.14. The predicted octanol–water partition coefficient (Wildman–Crippen LogP) is 3.93. The molecule has 0 aliphatic carbocycles. The molecule has 1 N–H and O–H groups in total. The van der Waals surface area contributed by atoms with Crippen LogP contribution in [0.25, 0.3) is 0 Å². The van der Waals surface area contributed by atoms with Crippen molar-refractivity contribution in [3.8, 4) is 0 Å². The summed E-state index contributed by atoms with van der Waals surface area (Å²) in [5, 5.41) is 4.20. The molecule has 0 amide bonds. The normalized spacial score (nSPS) is 18.4. The number of halogens is 2. The van der Waals surface area contributed by atoms with Gasteiger partial charge >= 0.3 is 0 Å². The number of carbonyl (C=O) groups excluding carboxylic acids is 1. The molecule has 1 atom stereocenters. The Morgan fingerprint density at radius 1 is 1.39 bits per heavy atom. The number of nitrogens with one attached hydrogen (secondary N) is 1. The molecule has 0 saturated heterocycles. The van der Waals surface area contributed by atoms with Crippen LogP contribution in [-0.4, -0.2) is 12.3 Å². The zero-order valence-electron chi connectivity index (χ0n) is 10.2. The molecule has 1 aliphatic heterocycles. The van der Waals surface area contributed by atoms with Gasteiger partial charge in [-0.3, -0.25) is 4.79 Å². The quantitative estimate of drug-likeness (QED) is 0.907. The number of ketones is 1. The van der Waals surface area contributed by atoms with E-state index < -0.39 is 0 Å². The molecule has 1 aromatic carbocycles. The van der Waals surface area contributed by atoms with E-state index in [-0.39, 0.29) is 11.7 Å². The maximum absolute atomic E-state index is 12.0. The van der Waals surface area contributed by atoms with E-state index in [0.29, 0.717) is 16.5 Å². The first-order valence-corrected chi connectivity index (χ1v) is 6.80. The van der Waals surface area contributed by atoms with Crippen molar-refractivity contribution < 1.29 is 4.79 Å². The molecular weight excluding hydrogens is 269 g/mol. The smallest absolute Gasteiger partial charge is 0.160 e. The molecule has 96 valence electrons. The Bertz CT molecular complexity index is 497. The molecule has 0 radical (unpaired) electrons. The summed E-state index contributed by atoms with van der Waals surface area (Å²) < 4.78 is 0. The molecule has 18 heavy (non-hydrogen) atoms. The SMILES string of the molecule is CCCC(=O)C1=CNC[C@H]1c1ccc(Cl)c(Cl)c1. The lowest BCUT2D eigenvalue weighted by atomic mass is 9.90. The van der Waals surface area contributed by atoms with E-state index in [2.05, 4.69) is 5.32 Å². The second-order valence-corrected chi connectivity index (χ2v) is 5.22. The fourth-order valence-electron chi connectivity index (χ4n) is 2.17. The van der Waals surface area contributed by atoms with Gasteiger partial charge in [0, 0.05) is 30.7 Å². The Kier molecular flexibility index (Phi) is 4.31. The summed E-state index contributed by atoms with van der Waals surface area (Å²) >= 11 is 11.9. The second kappa shape index (κ2) is 5.77. The zero-order valence-corrected chi connectivity index (χ0v) is 11.7. The fourth-order valence-corrected chi connectivity index (χ4v) is 2.48. The van der Waals surface area contributed by atoms with Crippen LogP contribution in [0.4, 0.5) is 0 Å². The highest BCUT2D eigenvalue weighted by Crippen LogP contribution is 2.32. The molecule has 0 unspecified atom stereocenters. The summed E-state index contributed by atoms with van der Waals surface area (Å²) in [6.45, 7) is 2.75. The molecule has 1 aromatic rings. The average Bonchev–Trinajstić information content (AvgIpc) is 2.82. The minimum absolute atomic E-state index is 0.0822. The molecule has 1 aliphatic rings. The lowest BCUT2D eigenvalue weighted by Crippen LogP contribution is -2.13. The van der Waals surface area contributed by atoms with Gasteiger partial charge in [0.15, 0.2) is 5.78 Å². The topological polar surface area (TPSA) is 29.1 Å². The van der Waals surface area contributed by atoms with Crippen molar-refractivity contribution in [2.45, 2.75) is 25.7 Å². The third kappa shape index (κ3) is 2.70. The Labute approximate surface area is 117 Å². The monoisotopic (exact) mass is 283 g/mol. The number of hydrogen-bond acceptors (Lipinski definition) is 2. The molecule has 4 heteroatoms. The molecule has 0 bridgehead atoms. The Morgan fingerprint density at radius 2 is 2.17 bits per heavy atom. The van der Waals surface area contributed by atoms with Crippen molar-refractivity contribution in [1.82, 2.24) is 5.32 Å². The zero-order chi connectivity index (χ0) is 13.1. The molecule has 0 fully saturated rings. The summed E-state index contributed by atoms with van der Waals surface area (Å²) in [7, 11) is 0. The van der Waals surface area contributed by atoms with Gasteiger partial charge in [-0.25, -0.2) is 0 Å². The van der Waals surface area contributed by atoms with Gasteiger partial charge < -0.3 is 5.32 Å². The Morgan fingerprint density at radius 3 is 2.83 bits per heavy atom. The molecule has 0 aromatic heterocycles. The predicted molar refractivity (Wildman–Crippen MR) is 75.2 cm³/mol. The molecule has 0 saturated carbocycles. The van der Waals surface area contributed by atoms with Crippen LogP contribution in [0.5, 0.6) is 0 Å². The maximum Gasteiger partial charge on any atom is 0.160 e. The summed E-state index contributed by atoms with van der Waals surface area (Å²) in [5.74, 6) is 0.289. The molecule has 1 heterocycles. The van der Waals surface area contributed by atoms with E-state index >= 15 is 0 Å². The third-order valence-corrected chi connectivity index (χ3v) is 3.84. The standard InChI is InChI=1S/C14H15Cl2NO/c1-2-3-14(18)11-8-17-7-10(11)9-4-5-12(15)13(16)6-9/h4-6,8,10,17H,2-3,7H2,1H3/t10-/m0/s1. The minimum atomic E-state index is 0.0822. The van der Waals surface area contributed by atoms with Gasteiger partial charge in [0.05, 0.1) is 10.0 Å². The largest absolute Gasteiger partial charge is 0.390 e.